The van der Waals surface area contributed by atoms with Gasteiger partial charge >= 0.3 is 0 Å². The van der Waals surface area contributed by atoms with E-state index in [-0.39, 0.29) is 0 Å². The zero-order valence-electron chi connectivity index (χ0n) is 24.5. The summed E-state index contributed by atoms with van der Waals surface area (Å²) in [6, 6.07) is 37.4. The topological polar surface area (TPSA) is 56.7 Å². The van der Waals surface area contributed by atoms with Crippen molar-refractivity contribution in [3.63, 3.8) is 0 Å². The molecular weight excluding hydrogens is 556 g/mol. The molecule has 214 valence electrons. The summed E-state index contributed by atoms with van der Waals surface area (Å²) in [6.45, 7) is 5.25. The van der Waals surface area contributed by atoms with Crippen LogP contribution in [0.3, 0.4) is 0 Å². The first-order valence-electron chi connectivity index (χ1n) is 14.9. The lowest BCUT2D eigenvalue weighted by Crippen LogP contribution is -1.78. The Morgan fingerprint density at radius 3 is 1.84 bits per heavy atom. The Kier molecular flexibility index (Phi) is 5.50. The van der Waals surface area contributed by atoms with E-state index in [0.717, 1.165) is 93.8 Å². The van der Waals surface area contributed by atoms with Crippen molar-refractivity contribution in [2.75, 3.05) is 0 Å². The third-order valence-electron chi connectivity index (χ3n) is 8.43. The van der Waals surface area contributed by atoms with Crippen LogP contribution in [0.2, 0.25) is 0 Å². The molecule has 5 heterocycles. The summed E-state index contributed by atoms with van der Waals surface area (Å²) in [6.07, 6.45) is 5.81. The largest absolute Gasteiger partial charge is 0.456 e. The summed E-state index contributed by atoms with van der Waals surface area (Å²) >= 11 is 0. The van der Waals surface area contributed by atoms with Gasteiger partial charge < -0.3 is 17.7 Å². The first-order valence-corrected chi connectivity index (χ1v) is 14.9. The van der Waals surface area contributed by atoms with Crippen LogP contribution >= 0.6 is 0 Å². The predicted molar refractivity (Wildman–Crippen MR) is 184 cm³/mol. The molecule has 5 nitrogen and oxygen atoms in total. The number of fused-ring (bicyclic) bond motifs is 10. The molecule has 0 spiro atoms. The maximum atomic E-state index is 6.41. The van der Waals surface area contributed by atoms with Crippen LogP contribution in [0.5, 0.6) is 0 Å². The van der Waals surface area contributed by atoms with Crippen LogP contribution in [-0.4, -0.2) is 9.38 Å². The molecule has 0 amide bonds. The molecule has 0 aliphatic heterocycles. The standard InChI is InChI=1S/C37H20N2O3.C3H6/c1-2-6-31-24(5-1)28-18-36-29(19-35(28)40-31)27-15-21(10-13-32(27)41-36)22-8-11-25-26-12-9-23(17-34(26)42-33(25)16-22)30-20-39-14-4-3-7-37(39)38-30;1-3-2/h1-20H;3H,1H2,2H3. The fraction of sp³-hybridized carbons (Fsp3) is 0.0250. The Labute approximate surface area is 257 Å². The predicted octanol–water partition coefficient (Wildman–Crippen LogP) is 11.6. The Bertz CT molecular complexity index is 2720. The number of benzene rings is 5. The van der Waals surface area contributed by atoms with Crippen LogP contribution in [0.25, 0.3) is 93.8 Å². The number of hydrogen-bond acceptors (Lipinski definition) is 4. The second-order valence-electron chi connectivity index (χ2n) is 11.3. The van der Waals surface area contributed by atoms with Crippen molar-refractivity contribution in [2.24, 2.45) is 0 Å². The second-order valence-corrected chi connectivity index (χ2v) is 11.3. The molecule has 0 atom stereocenters. The van der Waals surface area contributed by atoms with E-state index in [9.17, 15) is 0 Å². The molecule has 0 bridgehead atoms. The molecule has 0 saturated heterocycles. The van der Waals surface area contributed by atoms with Crippen LogP contribution in [0.1, 0.15) is 6.92 Å². The molecule has 0 radical (unpaired) electrons. The minimum absolute atomic E-state index is 0.850. The van der Waals surface area contributed by atoms with Gasteiger partial charge in [0.15, 0.2) is 0 Å². The molecular formula is C40H26N2O3. The van der Waals surface area contributed by atoms with Crippen LogP contribution in [-0.2, 0) is 0 Å². The van der Waals surface area contributed by atoms with Crippen LogP contribution in [0.15, 0.2) is 147 Å². The van der Waals surface area contributed by atoms with Crippen LogP contribution in [0, 0.1) is 0 Å². The highest BCUT2D eigenvalue weighted by atomic mass is 16.3. The molecule has 0 aliphatic carbocycles. The number of pyridine rings is 1. The Balaban J connectivity index is 0.000000904. The molecule has 5 aromatic heterocycles. The van der Waals surface area contributed by atoms with Crippen molar-refractivity contribution in [3.8, 4) is 22.4 Å². The van der Waals surface area contributed by atoms with Gasteiger partial charge in [0, 0.05) is 50.3 Å². The smallest absolute Gasteiger partial charge is 0.137 e. The highest BCUT2D eigenvalue weighted by Crippen LogP contribution is 2.39. The van der Waals surface area contributed by atoms with Gasteiger partial charge in [-0.15, -0.1) is 6.58 Å². The third kappa shape index (κ3) is 3.98. The van der Waals surface area contributed by atoms with Crippen molar-refractivity contribution in [1.29, 1.82) is 0 Å². The lowest BCUT2D eigenvalue weighted by atomic mass is 10.0. The Morgan fingerprint density at radius 2 is 1.07 bits per heavy atom. The van der Waals surface area contributed by atoms with Gasteiger partial charge in [0.1, 0.15) is 39.1 Å². The molecule has 0 N–H and O–H groups in total. The van der Waals surface area contributed by atoms with E-state index < -0.39 is 0 Å². The maximum absolute atomic E-state index is 6.41. The van der Waals surface area contributed by atoms with Gasteiger partial charge in [-0.05, 0) is 84.8 Å². The Hall–Kier alpha value is -6.07. The monoisotopic (exact) mass is 582 g/mol. The first kappa shape index (κ1) is 25.4. The third-order valence-corrected chi connectivity index (χ3v) is 8.43. The van der Waals surface area contributed by atoms with E-state index in [1.165, 1.54) is 0 Å². The van der Waals surface area contributed by atoms with Crippen molar-refractivity contribution < 1.29 is 13.3 Å². The van der Waals surface area contributed by atoms with Gasteiger partial charge in [-0.25, -0.2) is 4.98 Å². The first-order chi connectivity index (χ1) is 22.2. The summed E-state index contributed by atoms with van der Waals surface area (Å²) in [5.74, 6) is 0. The molecule has 5 heteroatoms. The average Bonchev–Trinajstić information content (AvgIpc) is 3.84. The minimum Gasteiger partial charge on any atom is -0.456 e. The normalized spacial score (nSPS) is 11.8. The number of furan rings is 3. The zero-order valence-corrected chi connectivity index (χ0v) is 24.5. The van der Waals surface area contributed by atoms with Crippen molar-refractivity contribution in [1.82, 2.24) is 9.38 Å². The summed E-state index contributed by atoms with van der Waals surface area (Å²) in [5.41, 5.74) is 10.2. The van der Waals surface area contributed by atoms with Crippen molar-refractivity contribution in [3.05, 3.63) is 134 Å². The quantitative estimate of drug-likeness (QED) is 0.190. The fourth-order valence-corrected chi connectivity index (χ4v) is 6.36. The molecule has 0 fully saturated rings. The van der Waals surface area contributed by atoms with Gasteiger partial charge in [0.25, 0.3) is 0 Å². The second kappa shape index (κ2) is 9.73. The van der Waals surface area contributed by atoms with Gasteiger partial charge in [-0.3, -0.25) is 0 Å². The number of nitrogens with zero attached hydrogens (tertiary/aromatic N) is 2. The van der Waals surface area contributed by atoms with E-state index in [4.69, 9.17) is 18.2 Å². The summed E-state index contributed by atoms with van der Waals surface area (Å²) in [7, 11) is 0. The SMILES string of the molecule is C=CC.c1ccc2c(c1)oc1cc3c(cc12)oc1ccc(-c2ccc4c(c2)oc2cc(-c5cn6ccccc6n5)ccc24)cc13. The number of hydrogen-bond donors (Lipinski definition) is 0. The summed E-state index contributed by atoms with van der Waals surface area (Å²) in [5, 5.41) is 6.46. The molecule has 45 heavy (non-hydrogen) atoms. The zero-order chi connectivity index (χ0) is 30.1. The fourth-order valence-electron chi connectivity index (χ4n) is 6.36. The molecule has 0 unspecified atom stereocenters. The van der Waals surface area contributed by atoms with E-state index in [0.29, 0.717) is 0 Å². The lowest BCUT2D eigenvalue weighted by molar-refractivity contribution is 0.664. The number of imidazole rings is 1. The van der Waals surface area contributed by atoms with Crippen molar-refractivity contribution in [2.45, 2.75) is 6.92 Å². The van der Waals surface area contributed by atoms with E-state index in [2.05, 4.69) is 79.4 Å². The van der Waals surface area contributed by atoms with Gasteiger partial charge in [-0.1, -0.05) is 48.5 Å². The minimum atomic E-state index is 0.850. The maximum Gasteiger partial charge on any atom is 0.137 e. The molecule has 0 aliphatic rings. The van der Waals surface area contributed by atoms with Crippen LogP contribution < -0.4 is 0 Å². The summed E-state index contributed by atoms with van der Waals surface area (Å²) in [4.78, 5) is 4.77. The van der Waals surface area contributed by atoms with Crippen LogP contribution in [0.4, 0.5) is 0 Å². The number of allylic oxidation sites excluding steroid dienone is 1. The number of rotatable bonds is 2. The van der Waals surface area contributed by atoms with Crippen molar-refractivity contribution >= 4 is 71.5 Å². The highest BCUT2D eigenvalue weighted by molar-refractivity contribution is 6.15. The number of aromatic nitrogens is 2. The van der Waals surface area contributed by atoms with E-state index in [1.807, 2.05) is 60.1 Å². The lowest BCUT2D eigenvalue weighted by Gasteiger charge is -2.02. The molecule has 10 aromatic rings. The van der Waals surface area contributed by atoms with Gasteiger partial charge in [0.2, 0.25) is 0 Å². The average molecular weight is 583 g/mol. The molecule has 10 rings (SSSR count). The molecule has 5 aromatic carbocycles. The Morgan fingerprint density at radius 1 is 0.533 bits per heavy atom. The number of para-hydroxylation sites is 1. The van der Waals surface area contributed by atoms with E-state index >= 15 is 0 Å². The van der Waals surface area contributed by atoms with Gasteiger partial charge in [0.05, 0.1) is 5.69 Å². The highest BCUT2D eigenvalue weighted by Gasteiger charge is 2.15. The van der Waals surface area contributed by atoms with Gasteiger partial charge in [-0.2, -0.15) is 0 Å². The molecule has 0 saturated carbocycles. The van der Waals surface area contributed by atoms with E-state index in [1.54, 1.807) is 6.08 Å². The summed E-state index contributed by atoms with van der Waals surface area (Å²) < 4.78 is 20.9.